The van der Waals surface area contributed by atoms with Gasteiger partial charge in [-0.3, -0.25) is 0 Å². The van der Waals surface area contributed by atoms with Crippen molar-refractivity contribution in [3.05, 3.63) is 23.8 Å². The monoisotopic (exact) mass is 298 g/mol. The molecule has 1 aromatic rings. The average Bonchev–Trinajstić information content (AvgIpc) is 3.25. The number of rotatable bonds is 7. The summed E-state index contributed by atoms with van der Waals surface area (Å²) in [5, 5.41) is 0. The van der Waals surface area contributed by atoms with Crippen LogP contribution in [0.5, 0.6) is 5.75 Å². The van der Waals surface area contributed by atoms with Crippen molar-refractivity contribution in [2.45, 2.75) is 37.6 Å². The zero-order valence-electron chi connectivity index (χ0n) is 12.0. The summed E-state index contributed by atoms with van der Waals surface area (Å²) < 4.78 is 32.7. The molecule has 0 radical (unpaired) electrons. The quantitative estimate of drug-likeness (QED) is 0.801. The second-order valence-electron chi connectivity index (χ2n) is 5.37. The van der Waals surface area contributed by atoms with Gasteiger partial charge >= 0.3 is 0 Å². The minimum Gasteiger partial charge on any atom is -0.495 e. The van der Waals surface area contributed by atoms with E-state index in [0.717, 1.165) is 24.8 Å². The molecule has 20 heavy (non-hydrogen) atoms. The Labute approximate surface area is 120 Å². The van der Waals surface area contributed by atoms with Crippen molar-refractivity contribution in [1.29, 1.82) is 0 Å². The molecule has 3 N–H and O–H groups in total. The molecule has 0 aliphatic heterocycles. The van der Waals surface area contributed by atoms with Gasteiger partial charge in [-0.25, -0.2) is 13.1 Å². The Balaban J connectivity index is 2.23. The van der Waals surface area contributed by atoms with Crippen molar-refractivity contribution in [3.8, 4) is 5.75 Å². The van der Waals surface area contributed by atoms with Crippen LogP contribution in [0.2, 0.25) is 0 Å². The van der Waals surface area contributed by atoms with E-state index in [0.29, 0.717) is 18.8 Å². The van der Waals surface area contributed by atoms with Crippen molar-refractivity contribution < 1.29 is 13.2 Å². The van der Waals surface area contributed by atoms with Crippen molar-refractivity contribution in [1.82, 2.24) is 4.72 Å². The summed E-state index contributed by atoms with van der Waals surface area (Å²) in [6.45, 7) is 2.88. The zero-order valence-corrected chi connectivity index (χ0v) is 12.8. The van der Waals surface area contributed by atoms with E-state index >= 15 is 0 Å². The first-order chi connectivity index (χ1) is 9.46. The minimum atomic E-state index is -3.57. The maximum atomic E-state index is 12.4. The van der Waals surface area contributed by atoms with Gasteiger partial charge in [-0.15, -0.1) is 0 Å². The highest BCUT2D eigenvalue weighted by atomic mass is 32.2. The van der Waals surface area contributed by atoms with E-state index in [9.17, 15) is 8.42 Å². The maximum Gasteiger partial charge on any atom is 0.244 e. The van der Waals surface area contributed by atoms with Gasteiger partial charge in [0.25, 0.3) is 0 Å². The lowest BCUT2D eigenvalue weighted by atomic mass is 10.1. The number of ether oxygens (including phenoxy) is 1. The van der Waals surface area contributed by atoms with Crippen LogP contribution in [0.1, 0.15) is 31.7 Å². The molecule has 2 rings (SSSR count). The predicted octanol–water partition coefficient (Wildman–Crippen LogP) is 1.62. The number of benzene rings is 1. The van der Waals surface area contributed by atoms with E-state index in [1.165, 1.54) is 7.11 Å². The second kappa shape index (κ2) is 5.71. The molecule has 1 aliphatic carbocycles. The highest BCUT2D eigenvalue weighted by molar-refractivity contribution is 7.89. The first-order valence-electron chi connectivity index (χ1n) is 6.83. The number of sulfonamides is 1. The number of hydrogen-bond acceptors (Lipinski definition) is 4. The number of methoxy groups -OCH3 is 1. The lowest BCUT2D eigenvalue weighted by Crippen LogP contribution is -2.30. The highest BCUT2D eigenvalue weighted by Gasteiger charge is 2.41. The molecule has 0 atom stereocenters. The number of hydrogen-bond donors (Lipinski definition) is 2. The number of nitrogens with two attached hydrogens (primary N) is 1. The largest absolute Gasteiger partial charge is 0.495 e. The van der Waals surface area contributed by atoms with E-state index in [1.807, 2.05) is 0 Å². The van der Waals surface area contributed by atoms with Crippen LogP contribution in [0.3, 0.4) is 0 Å². The van der Waals surface area contributed by atoms with Crippen LogP contribution in [0.25, 0.3) is 0 Å². The third-order valence-corrected chi connectivity index (χ3v) is 5.52. The van der Waals surface area contributed by atoms with Gasteiger partial charge in [0, 0.05) is 13.1 Å². The third kappa shape index (κ3) is 3.13. The van der Waals surface area contributed by atoms with Crippen LogP contribution in [0.15, 0.2) is 23.1 Å². The molecule has 6 heteroatoms. The normalized spacial score (nSPS) is 16.9. The summed E-state index contributed by atoms with van der Waals surface area (Å²) >= 11 is 0. The van der Waals surface area contributed by atoms with E-state index in [4.69, 9.17) is 10.5 Å². The van der Waals surface area contributed by atoms with Crippen LogP contribution in [0, 0.1) is 5.41 Å². The highest BCUT2D eigenvalue weighted by Crippen LogP contribution is 2.48. The first kappa shape index (κ1) is 15.3. The van der Waals surface area contributed by atoms with E-state index in [-0.39, 0.29) is 10.3 Å². The summed E-state index contributed by atoms with van der Waals surface area (Å²) in [4.78, 5) is 0.162. The zero-order chi connectivity index (χ0) is 14.8. The van der Waals surface area contributed by atoms with E-state index < -0.39 is 10.0 Å². The third-order valence-electron chi connectivity index (χ3n) is 4.10. The summed E-state index contributed by atoms with van der Waals surface area (Å²) in [7, 11) is -2.11. The van der Waals surface area contributed by atoms with E-state index in [2.05, 4.69) is 11.6 Å². The van der Waals surface area contributed by atoms with Gasteiger partial charge in [0.15, 0.2) is 0 Å². The van der Waals surface area contributed by atoms with Crippen LogP contribution in [-0.2, 0) is 16.6 Å². The SMILES string of the molecule is CCC1(CNS(=O)(=O)c2cc(CN)ccc2OC)CC1. The van der Waals surface area contributed by atoms with Crippen molar-refractivity contribution in [2.24, 2.45) is 11.1 Å². The Morgan fingerprint density at radius 2 is 2.10 bits per heavy atom. The van der Waals surface area contributed by atoms with Crippen LogP contribution in [0.4, 0.5) is 0 Å². The Morgan fingerprint density at radius 3 is 2.60 bits per heavy atom. The number of nitrogens with one attached hydrogen (secondary N) is 1. The molecule has 1 fully saturated rings. The molecule has 0 spiro atoms. The topological polar surface area (TPSA) is 81.4 Å². The lowest BCUT2D eigenvalue weighted by Gasteiger charge is -2.16. The van der Waals surface area contributed by atoms with Gasteiger partial charge in [0.1, 0.15) is 10.6 Å². The van der Waals surface area contributed by atoms with Gasteiger partial charge in [-0.1, -0.05) is 13.0 Å². The van der Waals surface area contributed by atoms with Gasteiger partial charge < -0.3 is 10.5 Å². The van der Waals surface area contributed by atoms with Crippen LogP contribution in [-0.4, -0.2) is 22.1 Å². The van der Waals surface area contributed by atoms with Crippen molar-refractivity contribution in [2.75, 3.05) is 13.7 Å². The summed E-state index contributed by atoms with van der Waals surface area (Å²) in [5.41, 5.74) is 6.50. The van der Waals surface area contributed by atoms with Gasteiger partial charge in [0.2, 0.25) is 10.0 Å². The molecule has 0 saturated heterocycles. The fourth-order valence-corrected chi connectivity index (χ4v) is 3.59. The van der Waals surface area contributed by atoms with E-state index in [1.54, 1.807) is 18.2 Å². The summed E-state index contributed by atoms with van der Waals surface area (Å²) in [6.07, 6.45) is 3.17. The van der Waals surface area contributed by atoms with Crippen molar-refractivity contribution in [3.63, 3.8) is 0 Å². The molecule has 112 valence electrons. The van der Waals surface area contributed by atoms with Crippen LogP contribution >= 0.6 is 0 Å². The molecule has 1 aromatic carbocycles. The molecule has 5 nitrogen and oxygen atoms in total. The van der Waals surface area contributed by atoms with Gasteiger partial charge in [-0.05, 0) is 42.4 Å². The fourth-order valence-electron chi connectivity index (χ4n) is 2.22. The molecular weight excluding hydrogens is 276 g/mol. The maximum absolute atomic E-state index is 12.4. The predicted molar refractivity (Wildman–Crippen MR) is 78.0 cm³/mol. The Morgan fingerprint density at radius 1 is 1.40 bits per heavy atom. The summed E-state index contributed by atoms with van der Waals surface area (Å²) in [5.74, 6) is 0.344. The average molecular weight is 298 g/mol. The molecule has 0 aromatic heterocycles. The summed E-state index contributed by atoms with van der Waals surface area (Å²) in [6, 6.07) is 4.99. The Kier molecular flexibility index (Phi) is 4.36. The molecule has 1 saturated carbocycles. The van der Waals surface area contributed by atoms with Crippen LogP contribution < -0.4 is 15.2 Å². The first-order valence-corrected chi connectivity index (χ1v) is 8.31. The minimum absolute atomic E-state index is 0.159. The molecule has 0 bridgehead atoms. The van der Waals surface area contributed by atoms with Gasteiger partial charge in [0.05, 0.1) is 7.11 Å². The lowest BCUT2D eigenvalue weighted by molar-refractivity contribution is 0.401. The Hall–Kier alpha value is -1.11. The smallest absolute Gasteiger partial charge is 0.244 e. The molecule has 0 heterocycles. The molecular formula is C14H22N2O3S. The van der Waals surface area contributed by atoms with Crippen molar-refractivity contribution >= 4 is 10.0 Å². The molecule has 0 amide bonds. The molecule has 1 aliphatic rings. The fraction of sp³-hybridized carbons (Fsp3) is 0.571. The standard InChI is InChI=1S/C14H22N2O3S/c1-3-14(6-7-14)10-16-20(17,18)13-8-11(9-15)4-5-12(13)19-2/h4-5,8,16H,3,6-7,9-10,15H2,1-2H3. The van der Waals surface area contributed by atoms with Gasteiger partial charge in [-0.2, -0.15) is 0 Å². The second-order valence-corrected chi connectivity index (χ2v) is 7.10. The Bertz CT molecular complexity index is 580. The molecule has 0 unspecified atom stereocenters.